The molecule has 0 bridgehead atoms. The van der Waals surface area contributed by atoms with Gasteiger partial charge in [-0.15, -0.1) is 0 Å². The van der Waals surface area contributed by atoms with Gasteiger partial charge >= 0.3 is 5.97 Å². The molecule has 32 heavy (non-hydrogen) atoms. The van der Waals surface area contributed by atoms with Crippen LogP contribution in [0.4, 0.5) is 15.8 Å². The highest BCUT2D eigenvalue weighted by Crippen LogP contribution is 2.22. The number of carbonyl (C=O) groups excluding carboxylic acids is 2. The maximum absolute atomic E-state index is 13.1. The maximum Gasteiger partial charge on any atom is 0.341 e. The SMILES string of the molecule is CC(OC(=O)c1ccccc1NS(=O)(=O)c1ccc(F)cc1)C(=O)Nc1cccnc1Cl. The molecular formula is C21H17ClFN3O5S. The highest BCUT2D eigenvalue weighted by atomic mass is 35.5. The van der Waals surface area contributed by atoms with Gasteiger partial charge in [-0.3, -0.25) is 9.52 Å². The number of amides is 1. The van der Waals surface area contributed by atoms with Gasteiger partial charge in [-0.05, 0) is 55.5 Å². The molecule has 3 aromatic rings. The Kier molecular flexibility index (Phi) is 7.06. The van der Waals surface area contributed by atoms with Crippen LogP contribution in [-0.2, 0) is 19.6 Å². The van der Waals surface area contributed by atoms with Crippen molar-refractivity contribution in [1.29, 1.82) is 0 Å². The molecule has 0 aliphatic carbocycles. The summed E-state index contributed by atoms with van der Waals surface area (Å²) < 4.78 is 45.7. The van der Waals surface area contributed by atoms with Crippen LogP contribution in [0.15, 0.2) is 71.8 Å². The van der Waals surface area contributed by atoms with Gasteiger partial charge in [0.05, 0.1) is 21.8 Å². The Labute approximate surface area is 188 Å². The second-order valence-corrected chi connectivity index (χ2v) is 8.52. The number of rotatable bonds is 7. The van der Waals surface area contributed by atoms with Crippen molar-refractivity contribution in [3.8, 4) is 0 Å². The topological polar surface area (TPSA) is 114 Å². The number of halogens is 2. The van der Waals surface area contributed by atoms with Crippen molar-refractivity contribution in [2.45, 2.75) is 17.9 Å². The number of hydrogen-bond acceptors (Lipinski definition) is 6. The molecule has 2 N–H and O–H groups in total. The number of carbonyl (C=O) groups is 2. The number of sulfonamides is 1. The largest absolute Gasteiger partial charge is 0.449 e. The first-order valence-electron chi connectivity index (χ1n) is 9.17. The number of nitrogens with one attached hydrogen (secondary N) is 2. The van der Waals surface area contributed by atoms with Gasteiger partial charge in [-0.2, -0.15) is 0 Å². The van der Waals surface area contributed by atoms with E-state index in [-0.39, 0.29) is 27.0 Å². The third kappa shape index (κ3) is 5.59. The van der Waals surface area contributed by atoms with Crippen molar-refractivity contribution in [3.05, 3.63) is 83.4 Å². The van der Waals surface area contributed by atoms with Gasteiger partial charge in [0, 0.05) is 6.20 Å². The number of nitrogens with zero attached hydrogens (tertiary/aromatic N) is 1. The average Bonchev–Trinajstić information content (AvgIpc) is 2.75. The van der Waals surface area contributed by atoms with Crippen LogP contribution >= 0.6 is 11.6 Å². The summed E-state index contributed by atoms with van der Waals surface area (Å²) in [4.78, 5) is 28.6. The summed E-state index contributed by atoms with van der Waals surface area (Å²) in [5.74, 6) is -2.17. The Morgan fingerprint density at radius 1 is 1.03 bits per heavy atom. The first-order chi connectivity index (χ1) is 15.2. The molecule has 0 saturated carbocycles. The Morgan fingerprint density at radius 2 is 1.69 bits per heavy atom. The number of aromatic nitrogens is 1. The van der Waals surface area contributed by atoms with Gasteiger partial charge in [-0.1, -0.05) is 23.7 Å². The summed E-state index contributed by atoms with van der Waals surface area (Å²) in [5.41, 5.74) is 0.0662. The number of pyridine rings is 1. The molecule has 0 saturated heterocycles. The fraction of sp³-hybridized carbons (Fsp3) is 0.0952. The predicted octanol–water partition coefficient (Wildman–Crippen LogP) is 3.86. The smallest absolute Gasteiger partial charge is 0.341 e. The van der Waals surface area contributed by atoms with Gasteiger partial charge in [-0.25, -0.2) is 22.6 Å². The van der Waals surface area contributed by atoms with E-state index < -0.39 is 33.8 Å². The normalized spacial score (nSPS) is 12.0. The quantitative estimate of drug-likeness (QED) is 0.394. The molecule has 8 nitrogen and oxygen atoms in total. The third-order valence-corrected chi connectivity index (χ3v) is 5.87. The van der Waals surface area contributed by atoms with E-state index in [1.807, 2.05) is 0 Å². The van der Waals surface area contributed by atoms with Gasteiger partial charge in [0.1, 0.15) is 5.82 Å². The zero-order valence-corrected chi connectivity index (χ0v) is 18.2. The molecular weight excluding hydrogens is 461 g/mol. The minimum Gasteiger partial charge on any atom is -0.449 e. The molecule has 11 heteroatoms. The number of para-hydroxylation sites is 1. The van der Waals surface area contributed by atoms with E-state index in [0.717, 1.165) is 24.3 Å². The van der Waals surface area contributed by atoms with Crippen molar-refractivity contribution in [2.24, 2.45) is 0 Å². The lowest BCUT2D eigenvalue weighted by Crippen LogP contribution is -2.30. The molecule has 1 aromatic heterocycles. The van der Waals surface area contributed by atoms with Crippen LogP contribution in [0.25, 0.3) is 0 Å². The van der Waals surface area contributed by atoms with Crippen molar-refractivity contribution in [1.82, 2.24) is 4.98 Å². The third-order valence-electron chi connectivity index (χ3n) is 4.19. The summed E-state index contributed by atoms with van der Waals surface area (Å²) in [6.45, 7) is 1.35. The summed E-state index contributed by atoms with van der Waals surface area (Å²) in [6, 6.07) is 13.0. The Balaban J connectivity index is 1.74. The molecule has 0 radical (unpaired) electrons. The van der Waals surface area contributed by atoms with E-state index in [1.54, 1.807) is 6.07 Å². The monoisotopic (exact) mass is 477 g/mol. The van der Waals surface area contributed by atoms with Crippen molar-refractivity contribution in [3.63, 3.8) is 0 Å². The minimum atomic E-state index is -4.10. The Morgan fingerprint density at radius 3 is 2.38 bits per heavy atom. The lowest BCUT2D eigenvalue weighted by molar-refractivity contribution is -0.123. The maximum atomic E-state index is 13.1. The average molecular weight is 478 g/mol. The summed E-state index contributed by atoms with van der Waals surface area (Å²) in [6.07, 6.45) is 0.228. The molecule has 2 aromatic carbocycles. The first-order valence-corrected chi connectivity index (χ1v) is 11.0. The van der Waals surface area contributed by atoms with Crippen molar-refractivity contribution < 1.29 is 27.1 Å². The molecule has 1 heterocycles. The van der Waals surface area contributed by atoms with E-state index in [0.29, 0.717) is 0 Å². The zero-order valence-electron chi connectivity index (χ0n) is 16.6. The number of ether oxygens (including phenoxy) is 1. The van der Waals surface area contributed by atoms with Gasteiger partial charge < -0.3 is 10.1 Å². The first kappa shape index (κ1) is 23.2. The molecule has 0 aliphatic heterocycles. The van der Waals surface area contributed by atoms with E-state index in [4.69, 9.17) is 16.3 Å². The van der Waals surface area contributed by atoms with Crippen LogP contribution in [-0.4, -0.2) is 31.4 Å². The lowest BCUT2D eigenvalue weighted by Gasteiger charge is -2.16. The number of esters is 1. The lowest BCUT2D eigenvalue weighted by atomic mass is 10.2. The fourth-order valence-corrected chi connectivity index (χ4v) is 3.81. The second kappa shape index (κ2) is 9.75. The molecule has 0 spiro atoms. The van der Waals surface area contributed by atoms with Gasteiger partial charge in [0.15, 0.2) is 11.3 Å². The second-order valence-electron chi connectivity index (χ2n) is 6.48. The van der Waals surface area contributed by atoms with Crippen LogP contribution in [0, 0.1) is 5.82 Å². The molecule has 3 rings (SSSR count). The van der Waals surface area contributed by atoms with Crippen LogP contribution < -0.4 is 10.0 Å². The molecule has 166 valence electrons. The predicted molar refractivity (Wildman–Crippen MR) is 116 cm³/mol. The molecule has 0 fully saturated rings. The van der Waals surface area contributed by atoms with E-state index in [9.17, 15) is 22.4 Å². The van der Waals surface area contributed by atoms with Crippen molar-refractivity contribution in [2.75, 3.05) is 10.0 Å². The van der Waals surface area contributed by atoms with Gasteiger partial charge in [0.2, 0.25) is 0 Å². The molecule has 1 unspecified atom stereocenters. The summed E-state index contributed by atoms with van der Waals surface area (Å²) in [7, 11) is -4.10. The number of anilines is 2. The van der Waals surface area contributed by atoms with E-state index >= 15 is 0 Å². The Bertz CT molecular complexity index is 1250. The van der Waals surface area contributed by atoms with E-state index in [2.05, 4.69) is 15.0 Å². The summed E-state index contributed by atoms with van der Waals surface area (Å²) >= 11 is 5.90. The van der Waals surface area contributed by atoms with Crippen molar-refractivity contribution >= 4 is 44.9 Å². The number of hydrogen-bond donors (Lipinski definition) is 2. The zero-order chi connectivity index (χ0) is 23.3. The van der Waals surface area contributed by atoms with Crippen LogP contribution in [0.1, 0.15) is 17.3 Å². The standard InChI is InChI=1S/C21H17ClFN3O5S/c1-13(20(27)25-18-7-4-12-24-19(18)22)31-21(28)16-5-2-3-6-17(16)26-32(29,30)15-10-8-14(23)9-11-15/h2-13,26H,1H3,(H,25,27). The molecule has 1 amide bonds. The van der Waals surface area contributed by atoms with Crippen LogP contribution in [0.5, 0.6) is 0 Å². The van der Waals surface area contributed by atoms with Crippen LogP contribution in [0.3, 0.4) is 0 Å². The molecule has 0 aliphatic rings. The fourth-order valence-electron chi connectivity index (χ4n) is 2.56. The van der Waals surface area contributed by atoms with E-state index in [1.165, 1.54) is 43.5 Å². The highest BCUT2D eigenvalue weighted by Gasteiger charge is 2.23. The Hall–Kier alpha value is -3.50. The highest BCUT2D eigenvalue weighted by molar-refractivity contribution is 7.92. The van der Waals surface area contributed by atoms with Gasteiger partial charge in [0.25, 0.3) is 15.9 Å². The number of benzene rings is 2. The minimum absolute atomic E-state index is 0.0651. The molecule has 1 atom stereocenters. The van der Waals surface area contributed by atoms with Crippen LogP contribution in [0.2, 0.25) is 5.15 Å². The summed E-state index contributed by atoms with van der Waals surface area (Å²) in [5, 5.41) is 2.56.